The Bertz CT molecular complexity index is 1090. The minimum Gasteiger partial charge on any atom is -0.440 e. The highest BCUT2D eigenvalue weighted by Gasteiger charge is 2.35. The summed E-state index contributed by atoms with van der Waals surface area (Å²) in [5.74, 6) is -3.13. The molecule has 2 aromatic rings. The summed E-state index contributed by atoms with van der Waals surface area (Å²) in [6.45, 7) is 0. The number of non-ortho nitro benzene ring substituents is 1. The van der Waals surface area contributed by atoms with Gasteiger partial charge in [0.15, 0.2) is 11.5 Å². The van der Waals surface area contributed by atoms with Crippen LogP contribution in [-0.4, -0.2) is 26.3 Å². The molecule has 0 amide bonds. The zero-order chi connectivity index (χ0) is 20.6. The predicted octanol–water partition coefficient (Wildman–Crippen LogP) is 2.75. The van der Waals surface area contributed by atoms with E-state index in [9.17, 15) is 39.9 Å². The fourth-order valence-corrected chi connectivity index (χ4v) is 2.54. The van der Waals surface area contributed by atoms with Gasteiger partial charge < -0.3 is 4.74 Å². The first kappa shape index (κ1) is 18.3. The average molecular weight is 385 g/mol. The second-order valence-electron chi connectivity index (χ2n) is 5.43. The Labute approximate surface area is 154 Å². The van der Waals surface area contributed by atoms with Gasteiger partial charge in [0.2, 0.25) is 5.78 Å². The molecule has 0 radical (unpaired) electrons. The van der Waals surface area contributed by atoms with Gasteiger partial charge in [0, 0.05) is 17.2 Å². The molecular weight excluding hydrogens is 378 g/mol. The topological polar surface area (TPSA) is 173 Å². The van der Waals surface area contributed by atoms with Crippen molar-refractivity contribution in [3.8, 4) is 5.75 Å². The van der Waals surface area contributed by atoms with Crippen molar-refractivity contribution in [2.45, 2.75) is 0 Å². The average Bonchev–Trinajstić information content (AvgIpc) is 2.65. The fourth-order valence-electron chi connectivity index (χ4n) is 2.54. The van der Waals surface area contributed by atoms with E-state index in [4.69, 9.17) is 4.74 Å². The number of nitro groups is 3. The molecule has 1 aliphatic rings. The van der Waals surface area contributed by atoms with Crippen LogP contribution in [0.3, 0.4) is 0 Å². The van der Waals surface area contributed by atoms with Gasteiger partial charge in [0.25, 0.3) is 11.4 Å². The van der Waals surface area contributed by atoms with E-state index >= 15 is 0 Å². The largest absolute Gasteiger partial charge is 0.440 e. The van der Waals surface area contributed by atoms with Crippen LogP contribution in [0.4, 0.5) is 17.1 Å². The number of carbonyl (C=O) groups is 2. The second kappa shape index (κ2) is 6.68. The van der Waals surface area contributed by atoms with Gasteiger partial charge in [-0.05, 0) is 0 Å². The number of carbonyl (C=O) groups excluding carboxylic acids is 2. The lowest BCUT2D eigenvalue weighted by molar-refractivity contribution is -0.404. The molecule has 2 aromatic carbocycles. The van der Waals surface area contributed by atoms with Gasteiger partial charge in [-0.25, -0.2) is 0 Å². The Morgan fingerprint density at radius 1 is 0.786 bits per heavy atom. The lowest BCUT2D eigenvalue weighted by Gasteiger charge is -2.15. The summed E-state index contributed by atoms with van der Waals surface area (Å²) in [5, 5.41) is 33.4. The van der Waals surface area contributed by atoms with Crippen LogP contribution in [0.2, 0.25) is 0 Å². The van der Waals surface area contributed by atoms with Gasteiger partial charge in [0.05, 0.1) is 26.9 Å². The van der Waals surface area contributed by atoms with Crippen molar-refractivity contribution in [3.63, 3.8) is 0 Å². The maximum Gasteiger partial charge on any atom is 0.325 e. The van der Waals surface area contributed by atoms with Crippen LogP contribution in [0.25, 0.3) is 0 Å². The summed E-state index contributed by atoms with van der Waals surface area (Å²) < 4.78 is 5.10. The van der Waals surface area contributed by atoms with Gasteiger partial charge in [-0.3, -0.25) is 39.9 Å². The van der Waals surface area contributed by atoms with Crippen molar-refractivity contribution in [2.24, 2.45) is 0 Å². The molecule has 0 spiro atoms. The van der Waals surface area contributed by atoms with Crippen LogP contribution in [0, 0.1) is 30.3 Å². The van der Waals surface area contributed by atoms with Gasteiger partial charge in [-0.1, -0.05) is 24.3 Å². The van der Waals surface area contributed by atoms with E-state index in [1.807, 2.05) is 0 Å². The maximum absolute atomic E-state index is 12.5. The first-order valence-corrected chi connectivity index (χ1v) is 7.39. The molecule has 0 fully saturated rings. The van der Waals surface area contributed by atoms with E-state index in [0.29, 0.717) is 12.1 Å². The molecule has 12 nitrogen and oxygen atoms in total. The van der Waals surface area contributed by atoms with E-state index in [1.165, 1.54) is 24.3 Å². The van der Waals surface area contributed by atoms with Crippen molar-refractivity contribution in [1.82, 2.24) is 0 Å². The number of nitrogens with zero attached hydrogens (tertiary/aromatic N) is 3. The molecule has 0 N–H and O–H groups in total. The van der Waals surface area contributed by atoms with Gasteiger partial charge in [-0.2, -0.15) is 0 Å². The molecule has 3 rings (SSSR count). The Balaban J connectivity index is 2.16. The van der Waals surface area contributed by atoms with Gasteiger partial charge in [0.1, 0.15) is 0 Å². The smallest absolute Gasteiger partial charge is 0.325 e. The first-order chi connectivity index (χ1) is 13.2. The molecule has 0 saturated heterocycles. The number of rotatable bonds is 5. The molecule has 0 bridgehead atoms. The summed E-state index contributed by atoms with van der Waals surface area (Å²) >= 11 is 0. The van der Waals surface area contributed by atoms with Gasteiger partial charge >= 0.3 is 11.4 Å². The summed E-state index contributed by atoms with van der Waals surface area (Å²) in [7, 11) is 0. The third kappa shape index (κ3) is 3.05. The molecule has 0 saturated carbocycles. The van der Waals surface area contributed by atoms with Crippen LogP contribution in [0.1, 0.15) is 20.7 Å². The lowest BCUT2D eigenvalue weighted by atomic mass is 9.94. The summed E-state index contributed by atoms with van der Waals surface area (Å²) in [5.41, 5.74) is -3.07. The Morgan fingerprint density at radius 3 is 1.82 bits per heavy atom. The highest BCUT2D eigenvalue weighted by molar-refractivity contribution is 6.23. The number of hydrogen-bond donors (Lipinski definition) is 0. The number of allylic oxidation sites excluding steroid dienone is 2. The number of fused-ring (bicyclic) bond motifs is 1. The SMILES string of the molecule is O=C1C=C(Oc2c([N+](=O)[O-])cc([N+](=O)[O-])cc2[N+](=O)[O-])C(=O)c2ccccc21. The second-order valence-corrected chi connectivity index (χ2v) is 5.43. The maximum atomic E-state index is 12.5. The third-order valence-corrected chi connectivity index (χ3v) is 3.77. The zero-order valence-electron chi connectivity index (χ0n) is 13.6. The number of ketones is 2. The quantitative estimate of drug-likeness (QED) is 0.553. The fraction of sp³-hybridized carbons (Fsp3) is 0. The molecule has 0 heterocycles. The molecule has 140 valence electrons. The molecule has 0 atom stereocenters. The Morgan fingerprint density at radius 2 is 1.32 bits per heavy atom. The molecule has 0 aromatic heterocycles. The van der Waals surface area contributed by atoms with Gasteiger partial charge in [-0.15, -0.1) is 0 Å². The van der Waals surface area contributed by atoms with Crippen molar-refractivity contribution >= 4 is 28.6 Å². The normalized spacial score (nSPS) is 12.8. The number of Topliss-reactive ketones (excluding diaryl/α,β-unsaturated/α-hetero) is 1. The number of benzene rings is 2. The van der Waals surface area contributed by atoms with Crippen LogP contribution in [0.15, 0.2) is 48.2 Å². The summed E-state index contributed by atoms with van der Waals surface area (Å²) in [6, 6.07) is 6.64. The number of ether oxygens (including phenoxy) is 1. The van der Waals surface area contributed by atoms with E-state index in [0.717, 1.165) is 6.08 Å². The third-order valence-electron chi connectivity index (χ3n) is 3.77. The zero-order valence-corrected chi connectivity index (χ0v) is 13.6. The van der Waals surface area contributed by atoms with Crippen LogP contribution in [0.5, 0.6) is 5.75 Å². The highest BCUT2D eigenvalue weighted by Crippen LogP contribution is 2.42. The van der Waals surface area contributed by atoms with Crippen molar-refractivity contribution in [2.75, 3.05) is 0 Å². The van der Waals surface area contributed by atoms with Crippen LogP contribution in [-0.2, 0) is 0 Å². The van der Waals surface area contributed by atoms with Crippen molar-refractivity contribution in [1.29, 1.82) is 0 Å². The van der Waals surface area contributed by atoms with Crippen LogP contribution < -0.4 is 4.74 Å². The minimum atomic E-state index is -1.13. The molecular formula is C16H7N3O9. The van der Waals surface area contributed by atoms with Crippen molar-refractivity contribution < 1.29 is 29.1 Å². The molecule has 0 aliphatic heterocycles. The van der Waals surface area contributed by atoms with E-state index in [2.05, 4.69) is 0 Å². The lowest BCUT2D eigenvalue weighted by Crippen LogP contribution is -2.20. The van der Waals surface area contributed by atoms with E-state index in [1.54, 1.807) is 0 Å². The number of hydrogen-bond acceptors (Lipinski definition) is 9. The molecule has 28 heavy (non-hydrogen) atoms. The Kier molecular flexibility index (Phi) is 4.37. The summed E-state index contributed by atoms with van der Waals surface area (Å²) in [6.07, 6.45) is 0.750. The molecule has 12 heteroatoms. The minimum absolute atomic E-state index is 0.0442. The van der Waals surface area contributed by atoms with E-state index in [-0.39, 0.29) is 11.1 Å². The highest BCUT2D eigenvalue weighted by atomic mass is 16.6. The molecule has 1 aliphatic carbocycles. The predicted molar refractivity (Wildman–Crippen MR) is 90.2 cm³/mol. The first-order valence-electron chi connectivity index (χ1n) is 7.39. The standard InChI is InChI=1S/C16H7N3O9/c20-13-7-14(15(21)10-4-2-1-3-9(10)13)28-16-11(18(24)25)5-8(17(22)23)6-12(16)19(26)27/h1-7H. The summed E-state index contributed by atoms with van der Waals surface area (Å²) in [4.78, 5) is 54.8. The number of nitro benzene ring substituents is 3. The Hall–Kier alpha value is -4.48. The van der Waals surface area contributed by atoms with E-state index < -0.39 is 54.9 Å². The van der Waals surface area contributed by atoms with Crippen molar-refractivity contribution in [3.05, 3.63) is 89.7 Å². The monoisotopic (exact) mass is 385 g/mol. The van der Waals surface area contributed by atoms with Crippen LogP contribution >= 0.6 is 0 Å². The molecule has 0 unspecified atom stereocenters.